The number of carbonyl (C=O) groups excluding carboxylic acids is 3. The Labute approximate surface area is 369 Å². The molecule has 14 nitrogen and oxygen atoms in total. The van der Waals surface area contributed by atoms with Gasteiger partial charge in [0.25, 0.3) is 0 Å². The molecule has 3 unspecified atom stereocenters. The van der Waals surface area contributed by atoms with Gasteiger partial charge in [-0.05, 0) is 76.7 Å². The number of phosphoric acid groups is 1. The third-order valence-corrected chi connectivity index (χ3v) is 10.7. The Hall–Kier alpha value is -3.30. The van der Waals surface area contributed by atoms with Crippen LogP contribution in [0.2, 0.25) is 0 Å². The normalized spacial score (nSPS) is 22.6. The molecule has 1 fully saturated rings. The monoisotopic (exact) mass is 894 g/mol. The predicted molar refractivity (Wildman–Crippen MR) is 240 cm³/mol. The fraction of sp³-hybridized carbons (Fsp3) is 0.638. The third-order valence-electron chi connectivity index (χ3n) is 9.70. The van der Waals surface area contributed by atoms with Crippen molar-refractivity contribution in [3.63, 3.8) is 0 Å². The van der Waals surface area contributed by atoms with E-state index < -0.39 is 75.7 Å². The fourth-order valence-electron chi connectivity index (χ4n) is 6.08. The number of aliphatic hydroxyl groups is 5. The molecule has 0 saturated heterocycles. The van der Waals surface area contributed by atoms with Crippen LogP contribution in [0.25, 0.3) is 0 Å². The number of esters is 2. The topological polar surface area (TPSA) is 227 Å². The van der Waals surface area contributed by atoms with Crippen LogP contribution in [0.3, 0.4) is 0 Å². The molecule has 0 heterocycles. The lowest BCUT2D eigenvalue weighted by Crippen LogP contribution is -2.64. The van der Waals surface area contributed by atoms with Crippen LogP contribution in [0.5, 0.6) is 0 Å². The average molecular weight is 895 g/mol. The summed E-state index contributed by atoms with van der Waals surface area (Å²) in [5, 5.41) is 50.1. The SMILES string of the molecule is CC/C=C\C/C=C\C/C=C\CCCCCCCC(=O)OC[C@H](COP(=O)(O)OC1[C@H](O)[C@H](O)C(O)[C@H](O)[C@H]1O)OC(=O)CCCC(=O)/C=C/C=C\C/C=C\C/C=C\CCCCC. The lowest BCUT2D eigenvalue weighted by atomic mass is 9.85. The van der Waals surface area contributed by atoms with E-state index in [1.54, 1.807) is 12.2 Å². The average Bonchev–Trinajstić information content (AvgIpc) is 3.25. The first-order valence-corrected chi connectivity index (χ1v) is 23.8. The number of rotatable bonds is 35. The maximum Gasteiger partial charge on any atom is 0.472 e. The van der Waals surface area contributed by atoms with Crippen molar-refractivity contribution >= 4 is 25.5 Å². The molecule has 0 radical (unpaired) electrons. The Balaban J connectivity index is 2.59. The van der Waals surface area contributed by atoms with E-state index in [0.29, 0.717) is 6.42 Å². The summed E-state index contributed by atoms with van der Waals surface area (Å²) in [5.41, 5.74) is 0. The second-order valence-electron chi connectivity index (χ2n) is 15.2. The van der Waals surface area contributed by atoms with Gasteiger partial charge in [0, 0.05) is 19.3 Å². The number of hydrogen-bond acceptors (Lipinski definition) is 13. The van der Waals surface area contributed by atoms with Crippen LogP contribution in [0.1, 0.15) is 136 Å². The molecule has 0 aromatic heterocycles. The van der Waals surface area contributed by atoms with Crippen molar-refractivity contribution in [1.29, 1.82) is 0 Å². The summed E-state index contributed by atoms with van der Waals surface area (Å²) in [6, 6.07) is 0. The van der Waals surface area contributed by atoms with Crippen molar-refractivity contribution in [3.8, 4) is 0 Å². The second kappa shape index (κ2) is 36.1. The van der Waals surface area contributed by atoms with Crippen LogP contribution in [0, 0.1) is 0 Å². The summed E-state index contributed by atoms with van der Waals surface area (Å²) in [4.78, 5) is 48.0. The standard InChI is InChI=1S/C47H75O14P/c1-3-5-7-9-11-13-15-17-18-20-22-24-26-28-30-34-40(49)58-36-39(37-59-62(56,57)61-47-45(54)43(52)42(51)44(53)46(47)55)60-41(50)35-31-33-38(48)32-29-27-25-23-21-19-16-14-12-10-8-6-4-2/h5,7,11-14,17-19,21,25,27,29,32,39,42-47,51-55H,3-4,6,8-10,15-16,20,22-24,26,28,30-31,33-37H2,1-2H3,(H,56,57)/b7-5-,13-11-,14-12-,18-17-,21-19-,27-25-,32-29+/t39-,42?,43-,44+,45-,46-,47?/m1/s1. The molecule has 0 aliphatic heterocycles. The molecule has 1 aliphatic carbocycles. The van der Waals surface area contributed by atoms with Gasteiger partial charge < -0.3 is 39.9 Å². The van der Waals surface area contributed by atoms with Crippen LogP contribution in [0.4, 0.5) is 0 Å². The Kier molecular flexibility index (Phi) is 33.0. The molecule has 0 amide bonds. The fourth-order valence-corrected chi connectivity index (χ4v) is 7.05. The lowest BCUT2D eigenvalue weighted by Gasteiger charge is -2.41. The van der Waals surface area contributed by atoms with E-state index in [9.17, 15) is 49.4 Å². The molecule has 8 atom stereocenters. The van der Waals surface area contributed by atoms with Gasteiger partial charge in [-0.2, -0.15) is 0 Å². The quantitative estimate of drug-likeness (QED) is 0.00897. The molecule has 1 aliphatic rings. The largest absolute Gasteiger partial charge is 0.472 e. The molecule has 0 aromatic carbocycles. The Bertz CT molecular complexity index is 1470. The minimum atomic E-state index is -5.19. The van der Waals surface area contributed by atoms with Gasteiger partial charge in [-0.3, -0.25) is 23.4 Å². The van der Waals surface area contributed by atoms with Gasteiger partial charge in [-0.1, -0.05) is 125 Å². The van der Waals surface area contributed by atoms with Crippen molar-refractivity contribution in [2.75, 3.05) is 13.2 Å². The molecule has 0 spiro atoms. The highest BCUT2D eigenvalue weighted by Crippen LogP contribution is 2.47. The summed E-state index contributed by atoms with van der Waals surface area (Å²) < 4.78 is 33.2. The Morgan fingerprint density at radius 2 is 1.08 bits per heavy atom. The van der Waals surface area contributed by atoms with Gasteiger partial charge in [-0.25, -0.2) is 4.57 Å². The number of aliphatic hydroxyl groups excluding tert-OH is 5. The highest BCUT2D eigenvalue weighted by molar-refractivity contribution is 7.47. The molecule has 1 rings (SSSR count). The molecule has 0 bridgehead atoms. The van der Waals surface area contributed by atoms with Crippen LogP contribution in [0.15, 0.2) is 85.1 Å². The van der Waals surface area contributed by atoms with E-state index in [0.717, 1.165) is 70.6 Å². The molecule has 1 saturated carbocycles. The van der Waals surface area contributed by atoms with Gasteiger partial charge in [0.1, 0.15) is 43.2 Å². The number of phosphoric ester groups is 1. The minimum Gasteiger partial charge on any atom is -0.462 e. The third kappa shape index (κ3) is 28.4. The summed E-state index contributed by atoms with van der Waals surface area (Å²) in [6.45, 7) is 2.92. The highest BCUT2D eigenvalue weighted by Gasteiger charge is 2.51. The van der Waals surface area contributed by atoms with Crippen molar-refractivity contribution in [1.82, 2.24) is 0 Å². The predicted octanol–water partition coefficient (Wildman–Crippen LogP) is 7.68. The van der Waals surface area contributed by atoms with Gasteiger partial charge in [-0.15, -0.1) is 0 Å². The van der Waals surface area contributed by atoms with Gasteiger partial charge in [0.2, 0.25) is 0 Å². The number of unbranched alkanes of at least 4 members (excludes halogenated alkanes) is 8. The molecule has 62 heavy (non-hydrogen) atoms. The zero-order chi connectivity index (χ0) is 45.9. The Morgan fingerprint density at radius 3 is 1.69 bits per heavy atom. The number of ether oxygens (including phenoxy) is 2. The van der Waals surface area contributed by atoms with E-state index in [-0.39, 0.29) is 31.5 Å². The molecule has 6 N–H and O–H groups in total. The lowest BCUT2D eigenvalue weighted by molar-refractivity contribution is -0.220. The number of allylic oxidation sites excluding steroid dienone is 14. The molecular weight excluding hydrogens is 819 g/mol. The van der Waals surface area contributed by atoms with E-state index in [4.69, 9.17) is 18.5 Å². The van der Waals surface area contributed by atoms with Crippen LogP contribution in [-0.2, 0) is 37.5 Å². The van der Waals surface area contributed by atoms with Crippen LogP contribution >= 0.6 is 7.82 Å². The summed E-state index contributed by atoms with van der Waals surface area (Å²) in [6.07, 6.45) is 29.2. The molecule has 0 aromatic rings. The molecular formula is C47H75O14P. The highest BCUT2D eigenvalue weighted by atomic mass is 31.2. The van der Waals surface area contributed by atoms with Crippen molar-refractivity contribution < 1.29 is 67.9 Å². The first kappa shape index (κ1) is 56.7. The van der Waals surface area contributed by atoms with Gasteiger partial charge in [0.05, 0.1) is 6.61 Å². The van der Waals surface area contributed by atoms with Crippen LogP contribution in [-0.4, -0.2) is 104 Å². The summed E-state index contributed by atoms with van der Waals surface area (Å²) in [7, 11) is -5.19. The zero-order valence-electron chi connectivity index (χ0n) is 36.9. The summed E-state index contributed by atoms with van der Waals surface area (Å²) >= 11 is 0. The summed E-state index contributed by atoms with van der Waals surface area (Å²) in [5.74, 6) is -1.59. The zero-order valence-corrected chi connectivity index (χ0v) is 37.8. The van der Waals surface area contributed by atoms with E-state index in [1.807, 2.05) is 12.2 Å². The van der Waals surface area contributed by atoms with E-state index in [2.05, 4.69) is 68.5 Å². The number of carbonyl (C=O) groups is 3. The second-order valence-corrected chi connectivity index (χ2v) is 16.6. The van der Waals surface area contributed by atoms with Crippen LogP contribution < -0.4 is 0 Å². The maximum atomic E-state index is 12.8. The van der Waals surface area contributed by atoms with Crippen molar-refractivity contribution in [2.24, 2.45) is 0 Å². The van der Waals surface area contributed by atoms with Crippen molar-refractivity contribution in [3.05, 3.63) is 85.1 Å². The number of ketones is 1. The van der Waals surface area contributed by atoms with Gasteiger partial charge in [0.15, 0.2) is 11.9 Å². The number of hydrogen-bond donors (Lipinski definition) is 6. The smallest absolute Gasteiger partial charge is 0.462 e. The Morgan fingerprint density at radius 1 is 0.565 bits per heavy atom. The van der Waals surface area contributed by atoms with Gasteiger partial charge >= 0.3 is 19.8 Å². The maximum absolute atomic E-state index is 12.8. The molecule has 15 heteroatoms. The minimum absolute atomic E-state index is 0.0456. The van der Waals surface area contributed by atoms with E-state index >= 15 is 0 Å². The first-order chi connectivity index (χ1) is 29.8. The molecule has 352 valence electrons. The van der Waals surface area contributed by atoms with E-state index in [1.165, 1.54) is 25.3 Å². The first-order valence-electron chi connectivity index (χ1n) is 22.3. The van der Waals surface area contributed by atoms with Crippen molar-refractivity contribution in [2.45, 2.75) is 179 Å².